The highest BCUT2D eigenvalue weighted by molar-refractivity contribution is 7.14. The summed E-state index contributed by atoms with van der Waals surface area (Å²) in [5.41, 5.74) is 0.352. The molecule has 0 radical (unpaired) electrons. The first-order valence-electron chi connectivity index (χ1n) is 7.57. The summed E-state index contributed by atoms with van der Waals surface area (Å²) in [6.45, 7) is 0. The molecule has 0 spiro atoms. The standard InChI is InChI=1S/C17H12F2N4O3S/c1-20-14-5-3-10(23(25)26)7-12(14)16(24)22-17-21-15(8-27-17)11-6-9(18)2-4-13(11)19/h2-8,20H,1H3,(H,21,22,24). The van der Waals surface area contributed by atoms with E-state index in [-0.39, 0.29) is 27.6 Å². The summed E-state index contributed by atoms with van der Waals surface area (Å²) in [5.74, 6) is -1.88. The number of nitro groups is 1. The van der Waals surface area contributed by atoms with Gasteiger partial charge in [0.25, 0.3) is 11.6 Å². The maximum Gasteiger partial charge on any atom is 0.270 e. The highest BCUT2D eigenvalue weighted by atomic mass is 32.1. The normalized spacial score (nSPS) is 10.5. The largest absolute Gasteiger partial charge is 0.387 e. The molecule has 0 unspecified atom stereocenters. The molecule has 1 amide bonds. The number of aromatic nitrogens is 1. The number of carbonyl (C=O) groups is 1. The fraction of sp³-hybridized carbons (Fsp3) is 0.0588. The summed E-state index contributed by atoms with van der Waals surface area (Å²) in [6.07, 6.45) is 0. The molecule has 0 aliphatic rings. The zero-order chi connectivity index (χ0) is 19.6. The predicted octanol–water partition coefficient (Wildman–Crippen LogP) is 4.29. The molecule has 0 bridgehead atoms. The Morgan fingerprint density at radius 2 is 2.00 bits per heavy atom. The third kappa shape index (κ3) is 3.90. The number of thiazole rings is 1. The lowest BCUT2D eigenvalue weighted by Crippen LogP contribution is -2.14. The van der Waals surface area contributed by atoms with E-state index in [4.69, 9.17) is 0 Å². The first-order chi connectivity index (χ1) is 12.9. The molecule has 27 heavy (non-hydrogen) atoms. The lowest BCUT2D eigenvalue weighted by molar-refractivity contribution is -0.384. The minimum atomic E-state index is -0.643. The molecule has 3 rings (SSSR count). The Labute approximate surface area is 155 Å². The predicted molar refractivity (Wildman–Crippen MR) is 98.1 cm³/mol. The molecule has 10 heteroatoms. The third-order valence-electron chi connectivity index (χ3n) is 3.66. The SMILES string of the molecule is CNc1ccc([N+](=O)[O-])cc1C(=O)Nc1nc(-c2cc(F)ccc2F)cs1. The van der Waals surface area contributed by atoms with Gasteiger partial charge in [0, 0.05) is 35.8 Å². The van der Waals surface area contributed by atoms with Crippen LogP contribution in [0.15, 0.2) is 41.8 Å². The summed E-state index contributed by atoms with van der Waals surface area (Å²) < 4.78 is 27.2. The van der Waals surface area contributed by atoms with Crippen LogP contribution in [0, 0.1) is 21.7 Å². The van der Waals surface area contributed by atoms with E-state index < -0.39 is 22.5 Å². The number of halogens is 2. The Morgan fingerprint density at radius 1 is 1.22 bits per heavy atom. The molecular weight excluding hydrogens is 378 g/mol. The fourth-order valence-corrected chi connectivity index (χ4v) is 3.07. The second-order valence-electron chi connectivity index (χ2n) is 5.35. The first-order valence-corrected chi connectivity index (χ1v) is 8.45. The monoisotopic (exact) mass is 390 g/mol. The van der Waals surface area contributed by atoms with E-state index in [1.54, 1.807) is 7.05 Å². The first kappa shape index (κ1) is 18.4. The van der Waals surface area contributed by atoms with Gasteiger partial charge < -0.3 is 5.32 Å². The van der Waals surface area contributed by atoms with Crippen molar-refractivity contribution in [2.45, 2.75) is 0 Å². The van der Waals surface area contributed by atoms with E-state index >= 15 is 0 Å². The van der Waals surface area contributed by atoms with E-state index in [0.29, 0.717) is 5.69 Å². The number of hydrogen-bond acceptors (Lipinski definition) is 6. The number of nitrogens with zero attached hydrogens (tertiary/aromatic N) is 2. The van der Waals surface area contributed by atoms with Gasteiger partial charge in [-0.25, -0.2) is 13.8 Å². The second kappa shape index (κ2) is 7.46. The van der Waals surface area contributed by atoms with Crippen molar-refractivity contribution >= 4 is 33.8 Å². The van der Waals surface area contributed by atoms with Crippen LogP contribution in [0.2, 0.25) is 0 Å². The van der Waals surface area contributed by atoms with Crippen molar-refractivity contribution in [3.8, 4) is 11.3 Å². The van der Waals surface area contributed by atoms with Crippen molar-refractivity contribution in [2.24, 2.45) is 0 Å². The van der Waals surface area contributed by atoms with Crippen molar-refractivity contribution in [1.82, 2.24) is 4.98 Å². The Hall–Kier alpha value is -3.40. The second-order valence-corrected chi connectivity index (χ2v) is 6.21. The molecule has 1 aromatic heterocycles. The van der Waals surface area contributed by atoms with Crippen molar-refractivity contribution < 1.29 is 18.5 Å². The summed E-state index contributed by atoms with van der Waals surface area (Å²) >= 11 is 1.02. The quantitative estimate of drug-likeness (QED) is 0.500. The molecule has 138 valence electrons. The number of nitrogens with one attached hydrogen (secondary N) is 2. The van der Waals surface area contributed by atoms with Gasteiger partial charge in [-0.2, -0.15) is 0 Å². The van der Waals surface area contributed by atoms with E-state index in [1.165, 1.54) is 17.5 Å². The number of anilines is 2. The van der Waals surface area contributed by atoms with Gasteiger partial charge in [0.05, 0.1) is 16.2 Å². The third-order valence-corrected chi connectivity index (χ3v) is 4.41. The molecule has 0 fully saturated rings. The molecule has 0 saturated heterocycles. The Bertz CT molecular complexity index is 1040. The number of nitro benzene ring substituents is 1. The van der Waals surface area contributed by atoms with Gasteiger partial charge in [-0.3, -0.25) is 20.2 Å². The maximum atomic E-state index is 13.8. The van der Waals surface area contributed by atoms with E-state index in [0.717, 1.165) is 35.6 Å². The fourth-order valence-electron chi connectivity index (χ4n) is 2.36. The lowest BCUT2D eigenvalue weighted by Gasteiger charge is -2.08. The Kier molecular flexibility index (Phi) is 5.08. The van der Waals surface area contributed by atoms with Crippen molar-refractivity contribution in [2.75, 3.05) is 17.7 Å². The summed E-state index contributed by atoms with van der Waals surface area (Å²) in [5, 5.41) is 17.8. The number of hydrogen-bond donors (Lipinski definition) is 2. The average molecular weight is 390 g/mol. The minimum Gasteiger partial charge on any atom is -0.387 e. The van der Waals surface area contributed by atoms with Crippen LogP contribution >= 0.6 is 11.3 Å². The number of rotatable bonds is 5. The van der Waals surface area contributed by atoms with Crippen LogP contribution in [0.25, 0.3) is 11.3 Å². The smallest absolute Gasteiger partial charge is 0.270 e. The van der Waals surface area contributed by atoms with Gasteiger partial charge >= 0.3 is 0 Å². The van der Waals surface area contributed by atoms with Crippen LogP contribution in [0.4, 0.5) is 25.3 Å². The highest BCUT2D eigenvalue weighted by Gasteiger charge is 2.18. The van der Waals surface area contributed by atoms with Gasteiger partial charge in [0.1, 0.15) is 11.6 Å². The van der Waals surface area contributed by atoms with Crippen LogP contribution < -0.4 is 10.6 Å². The number of non-ortho nitro benzene ring substituents is 1. The number of carbonyl (C=O) groups excluding carboxylic acids is 1. The molecule has 0 aliphatic carbocycles. The molecular formula is C17H12F2N4O3S. The Morgan fingerprint density at radius 3 is 2.70 bits per heavy atom. The average Bonchev–Trinajstić information content (AvgIpc) is 3.11. The number of amides is 1. The molecule has 2 aromatic carbocycles. The van der Waals surface area contributed by atoms with E-state index in [2.05, 4.69) is 15.6 Å². The summed E-state index contributed by atoms with van der Waals surface area (Å²) in [6, 6.07) is 6.83. The summed E-state index contributed by atoms with van der Waals surface area (Å²) in [7, 11) is 1.58. The van der Waals surface area contributed by atoms with Gasteiger partial charge in [-0.05, 0) is 24.3 Å². The molecule has 3 aromatic rings. The molecule has 7 nitrogen and oxygen atoms in total. The number of benzene rings is 2. The Balaban J connectivity index is 1.87. The van der Waals surface area contributed by atoms with Crippen LogP contribution in [-0.4, -0.2) is 22.9 Å². The van der Waals surface area contributed by atoms with Gasteiger partial charge in [0.15, 0.2) is 5.13 Å². The lowest BCUT2D eigenvalue weighted by atomic mass is 10.1. The molecule has 2 N–H and O–H groups in total. The van der Waals surface area contributed by atoms with E-state index in [9.17, 15) is 23.7 Å². The summed E-state index contributed by atoms with van der Waals surface area (Å²) in [4.78, 5) is 26.9. The zero-order valence-corrected chi connectivity index (χ0v) is 14.6. The highest BCUT2D eigenvalue weighted by Crippen LogP contribution is 2.29. The van der Waals surface area contributed by atoms with Gasteiger partial charge in [0.2, 0.25) is 0 Å². The molecule has 1 heterocycles. The van der Waals surface area contributed by atoms with Crippen LogP contribution in [-0.2, 0) is 0 Å². The van der Waals surface area contributed by atoms with Crippen molar-refractivity contribution in [3.63, 3.8) is 0 Å². The molecule has 0 atom stereocenters. The van der Waals surface area contributed by atoms with Gasteiger partial charge in [-0.15, -0.1) is 11.3 Å². The topological polar surface area (TPSA) is 97.2 Å². The van der Waals surface area contributed by atoms with Gasteiger partial charge in [-0.1, -0.05) is 0 Å². The van der Waals surface area contributed by atoms with Crippen LogP contribution in [0.3, 0.4) is 0 Å². The van der Waals surface area contributed by atoms with E-state index in [1.807, 2.05) is 0 Å². The molecule has 0 saturated carbocycles. The maximum absolute atomic E-state index is 13.8. The zero-order valence-electron chi connectivity index (χ0n) is 13.8. The molecule has 0 aliphatic heterocycles. The van der Waals surface area contributed by atoms with Crippen molar-refractivity contribution in [1.29, 1.82) is 0 Å². The minimum absolute atomic E-state index is 0.0296. The van der Waals surface area contributed by atoms with Crippen molar-refractivity contribution in [3.05, 3.63) is 69.1 Å². The van der Waals surface area contributed by atoms with Crippen LogP contribution in [0.5, 0.6) is 0 Å². The van der Waals surface area contributed by atoms with Crippen LogP contribution in [0.1, 0.15) is 10.4 Å².